The molecular weight excluding hydrogens is 326 g/mol. The van der Waals surface area contributed by atoms with Gasteiger partial charge in [-0.05, 0) is 18.6 Å². The number of ether oxygens (including phenoxy) is 2. The van der Waals surface area contributed by atoms with Crippen LogP contribution in [0.1, 0.15) is 17.6 Å². The highest BCUT2D eigenvalue weighted by Crippen LogP contribution is 2.17. The van der Waals surface area contributed by atoms with E-state index < -0.39 is 0 Å². The Morgan fingerprint density at radius 2 is 2.21 bits per heavy atom. The smallest absolute Gasteiger partial charge is 0.319 e. The number of nitrogens with zero attached hydrogens (tertiary/aromatic N) is 1. The molecule has 0 fully saturated rings. The Morgan fingerprint density at radius 1 is 1.33 bits per heavy atom. The molecule has 1 aromatic carbocycles. The van der Waals surface area contributed by atoms with Crippen molar-refractivity contribution >= 4 is 23.1 Å². The van der Waals surface area contributed by atoms with E-state index in [-0.39, 0.29) is 6.03 Å². The molecule has 0 saturated heterocycles. The number of benzene rings is 1. The standard InChI is InChI=1S/C17H23N3O3S/c1-3-16-19-14(12-24-16)7-8-18-17(21)20-13-5-4-6-15(11-13)23-10-9-22-2/h4-6,11-12H,3,7-10H2,1-2H3,(H2,18,20,21). The van der Waals surface area contributed by atoms with Crippen molar-refractivity contribution < 1.29 is 14.3 Å². The van der Waals surface area contributed by atoms with Crippen LogP contribution in [-0.4, -0.2) is 37.9 Å². The number of aromatic nitrogens is 1. The first-order chi connectivity index (χ1) is 11.7. The minimum absolute atomic E-state index is 0.241. The molecule has 0 aliphatic rings. The molecule has 0 saturated carbocycles. The van der Waals surface area contributed by atoms with E-state index >= 15 is 0 Å². The maximum Gasteiger partial charge on any atom is 0.319 e. The minimum atomic E-state index is -0.241. The molecule has 0 aliphatic carbocycles. The van der Waals surface area contributed by atoms with Crippen LogP contribution in [0.15, 0.2) is 29.6 Å². The summed E-state index contributed by atoms with van der Waals surface area (Å²) in [4.78, 5) is 16.4. The molecule has 0 bridgehead atoms. The maximum atomic E-state index is 11.9. The van der Waals surface area contributed by atoms with Crippen LogP contribution in [0.3, 0.4) is 0 Å². The van der Waals surface area contributed by atoms with Crippen LogP contribution in [0.25, 0.3) is 0 Å². The number of carbonyl (C=O) groups excluding carboxylic acids is 1. The van der Waals surface area contributed by atoms with E-state index in [9.17, 15) is 4.79 Å². The highest BCUT2D eigenvalue weighted by molar-refractivity contribution is 7.09. The van der Waals surface area contributed by atoms with E-state index in [1.54, 1.807) is 24.5 Å². The van der Waals surface area contributed by atoms with E-state index in [4.69, 9.17) is 9.47 Å². The average Bonchev–Trinajstić information content (AvgIpc) is 3.03. The Hall–Kier alpha value is -2.12. The van der Waals surface area contributed by atoms with Crippen LogP contribution in [0, 0.1) is 0 Å². The Balaban J connectivity index is 1.74. The van der Waals surface area contributed by atoms with Gasteiger partial charge in [0.1, 0.15) is 12.4 Å². The minimum Gasteiger partial charge on any atom is -0.491 e. The summed E-state index contributed by atoms with van der Waals surface area (Å²) in [5, 5.41) is 8.79. The lowest BCUT2D eigenvalue weighted by Gasteiger charge is -2.09. The Kier molecular flexibility index (Phi) is 7.51. The average molecular weight is 349 g/mol. The number of nitrogens with one attached hydrogen (secondary N) is 2. The van der Waals surface area contributed by atoms with E-state index in [0.29, 0.717) is 31.2 Å². The number of anilines is 1. The zero-order valence-electron chi connectivity index (χ0n) is 14.0. The van der Waals surface area contributed by atoms with Crippen molar-refractivity contribution in [2.75, 3.05) is 32.2 Å². The van der Waals surface area contributed by atoms with Crippen molar-refractivity contribution in [2.24, 2.45) is 0 Å². The number of hydrogen-bond acceptors (Lipinski definition) is 5. The molecule has 0 radical (unpaired) electrons. The van der Waals surface area contributed by atoms with Crippen LogP contribution in [0.5, 0.6) is 5.75 Å². The predicted molar refractivity (Wildman–Crippen MR) is 96.0 cm³/mol. The fourth-order valence-electron chi connectivity index (χ4n) is 2.01. The molecule has 2 amide bonds. The summed E-state index contributed by atoms with van der Waals surface area (Å²) in [5.41, 5.74) is 1.70. The highest BCUT2D eigenvalue weighted by atomic mass is 32.1. The number of carbonyl (C=O) groups is 1. The maximum absolute atomic E-state index is 11.9. The fraction of sp³-hybridized carbons (Fsp3) is 0.412. The summed E-state index contributed by atoms with van der Waals surface area (Å²) in [6, 6.07) is 7.03. The van der Waals surface area contributed by atoms with Gasteiger partial charge in [0.15, 0.2) is 0 Å². The van der Waals surface area contributed by atoms with Gasteiger partial charge >= 0.3 is 6.03 Å². The van der Waals surface area contributed by atoms with E-state index in [2.05, 4.69) is 22.5 Å². The zero-order chi connectivity index (χ0) is 17.2. The summed E-state index contributed by atoms with van der Waals surface area (Å²) in [5.74, 6) is 0.694. The van der Waals surface area contributed by atoms with E-state index in [1.165, 1.54) is 0 Å². The summed E-state index contributed by atoms with van der Waals surface area (Å²) in [6.07, 6.45) is 1.67. The number of rotatable bonds is 9. The third kappa shape index (κ3) is 6.17. The lowest BCUT2D eigenvalue weighted by molar-refractivity contribution is 0.146. The highest BCUT2D eigenvalue weighted by Gasteiger charge is 2.04. The molecule has 2 aromatic rings. The molecule has 0 unspecified atom stereocenters. The van der Waals surface area contributed by atoms with Crippen molar-refractivity contribution in [1.82, 2.24) is 10.3 Å². The third-order valence-electron chi connectivity index (χ3n) is 3.22. The van der Waals surface area contributed by atoms with Crippen molar-refractivity contribution in [3.8, 4) is 5.75 Å². The second-order valence-electron chi connectivity index (χ2n) is 5.09. The largest absolute Gasteiger partial charge is 0.491 e. The number of thiazole rings is 1. The molecule has 2 rings (SSSR count). The monoisotopic (exact) mass is 349 g/mol. The van der Waals surface area contributed by atoms with Gasteiger partial charge in [0.2, 0.25) is 0 Å². The molecule has 24 heavy (non-hydrogen) atoms. The van der Waals surface area contributed by atoms with Crippen molar-refractivity contribution in [3.05, 3.63) is 40.3 Å². The number of aryl methyl sites for hydroxylation is 1. The van der Waals surface area contributed by atoms with Gasteiger partial charge in [-0.25, -0.2) is 9.78 Å². The van der Waals surface area contributed by atoms with Gasteiger partial charge in [-0.1, -0.05) is 13.0 Å². The van der Waals surface area contributed by atoms with Gasteiger partial charge in [0.25, 0.3) is 0 Å². The molecular formula is C17H23N3O3S. The predicted octanol–water partition coefficient (Wildman–Crippen LogP) is 3.09. The molecule has 6 nitrogen and oxygen atoms in total. The van der Waals surface area contributed by atoms with E-state index in [0.717, 1.165) is 23.5 Å². The lowest BCUT2D eigenvalue weighted by Crippen LogP contribution is -2.30. The van der Waals surface area contributed by atoms with Crippen LogP contribution in [0.2, 0.25) is 0 Å². The first kappa shape index (κ1) is 18.2. The number of hydrogen-bond donors (Lipinski definition) is 2. The first-order valence-corrected chi connectivity index (χ1v) is 8.79. The fourth-order valence-corrected chi connectivity index (χ4v) is 2.79. The number of amides is 2. The molecule has 0 atom stereocenters. The van der Waals surface area contributed by atoms with Gasteiger partial charge in [-0.2, -0.15) is 0 Å². The summed E-state index contributed by atoms with van der Waals surface area (Å²) in [6.45, 7) is 3.62. The Bertz CT molecular complexity index is 646. The summed E-state index contributed by atoms with van der Waals surface area (Å²) < 4.78 is 10.5. The second-order valence-corrected chi connectivity index (χ2v) is 6.03. The van der Waals surface area contributed by atoms with Gasteiger partial charge in [-0.3, -0.25) is 0 Å². The van der Waals surface area contributed by atoms with Crippen molar-refractivity contribution in [3.63, 3.8) is 0 Å². The lowest BCUT2D eigenvalue weighted by atomic mass is 10.3. The second kappa shape index (κ2) is 9.89. The molecule has 0 aliphatic heterocycles. The molecule has 2 N–H and O–H groups in total. The first-order valence-electron chi connectivity index (χ1n) is 7.91. The molecule has 7 heteroatoms. The van der Waals surface area contributed by atoms with Crippen LogP contribution in [-0.2, 0) is 17.6 Å². The SMILES string of the molecule is CCc1nc(CCNC(=O)Nc2cccc(OCCOC)c2)cs1. The summed E-state index contributed by atoms with van der Waals surface area (Å²) >= 11 is 1.66. The molecule has 0 spiro atoms. The van der Waals surface area contributed by atoms with Crippen LogP contribution in [0.4, 0.5) is 10.5 Å². The Morgan fingerprint density at radius 3 is 2.96 bits per heavy atom. The van der Waals surface area contributed by atoms with Gasteiger partial charge in [0, 0.05) is 37.2 Å². The van der Waals surface area contributed by atoms with Gasteiger partial charge < -0.3 is 20.1 Å². The van der Waals surface area contributed by atoms with E-state index in [1.807, 2.05) is 23.6 Å². The quantitative estimate of drug-likeness (QED) is 0.682. The number of urea groups is 1. The molecule has 130 valence electrons. The third-order valence-corrected chi connectivity index (χ3v) is 4.26. The van der Waals surface area contributed by atoms with Crippen molar-refractivity contribution in [1.29, 1.82) is 0 Å². The molecule has 1 aromatic heterocycles. The van der Waals surface area contributed by atoms with Crippen molar-refractivity contribution in [2.45, 2.75) is 19.8 Å². The zero-order valence-corrected chi connectivity index (χ0v) is 14.8. The van der Waals surface area contributed by atoms with Gasteiger partial charge in [-0.15, -0.1) is 11.3 Å². The topological polar surface area (TPSA) is 72.5 Å². The molecule has 1 heterocycles. The summed E-state index contributed by atoms with van der Waals surface area (Å²) in [7, 11) is 1.63. The number of methoxy groups -OCH3 is 1. The Labute approximate surface area is 146 Å². The van der Waals surface area contributed by atoms with Gasteiger partial charge in [0.05, 0.1) is 17.3 Å². The van der Waals surface area contributed by atoms with Crippen LogP contribution < -0.4 is 15.4 Å². The van der Waals surface area contributed by atoms with Crippen LogP contribution >= 0.6 is 11.3 Å². The normalized spacial score (nSPS) is 10.4.